The van der Waals surface area contributed by atoms with Gasteiger partial charge >= 0.3 is 0 Å². The lowest BCUT2D eigenvalue weighted by Gasteiger charge is -2.10. The van der Waals surface area contributed by atoms with E-state index in [0.29, 0.717) is 0 Å². The van der Waals surface area contributed by atoms with Crippen molar-refractivity contribution in [3.05, 3.63) is 48.2 Å². The second-order valence-electron chi connectivity index (χ2n) is 2.86. The second kappa shape index (κ2) is 3.96. The van der Waals surface area contributed by atoms with Gasteiger partial charge in [0.15, 0.2) is 0 Å². The molecule has 0 aliphatic carbocycles. The van der Waals surface area contributed by atoms with E-state index in [-0.39, 0.29) is 6.10 Å². The van der Waals surface area contributed by atoms with Gasteiger partial charge in [0.1, 0.15) is 6.10 Å². The highest BCUT2D eigenvalue weighted by Gasteiger charge is 2.02. The maximum Gasteiger partial charge on any atom is 0.120 e. The highest BCUT2D eigenvalue weighted by Crippen LogP contribution is 2.16. The monoisotopic (exact) mass is 162 g/mol. The first kappa shape index (κ1) is 8.85. The summed E-state index contributed by atoms with van der Waals surface area (Å²) in [5.41, 5.74) is 2.45. The number of hydrogen-bond acceptors (Lipinski definition) is 1. The molecule has 0 saturated heterocycles. The Hall–Kier alpha value is -1.24. The van der Waals surface area contributed by atoms with Gasteiger partial charge in [-0.15, -0.1) is 0 Å². The molecule has 0 saturated carbocycles. The zero-order chi connectivity index (χ0) is 8.97. The Kier molecular flexibility index (Phi) is 2.92. The Morgan fingerprint density at radius 1 is 1.33 bits per heavy atom. The van der Waals surface area contributed by atoms with Gasteiger partial charge in [-0.3, -0.25) is 0 Å². The molecule has 0 aliphatic heterocycles. The molecule has 0 fully saturated rings. The van der Waals surface area contributed by atoms with E-state index in [1.807, 2.05) is 6.92 Å². The first-order chi connectivity index (χ1) is 5.74. The minimum atomic E-state index is 0.100. The van der Waals surface area contributed by atoms with Crippen molar-refractivity contribution in [1.82, 2.24) is 0 Å². The molecule has 0 N–H and O–H groups in total. The topological polar surface area (TPSA) is 9.23 Å². The van der Waals surface area contributed by atoms with Crippen LogP contribution in [0, 0.1) is 6.92 Å². The Balaban J connectivity index is 2.74. The van der Waals surface area contributed by atoms with E-state index in [1.165, 1.54) is 17.4 Å². The van der Waals surface area contributed by atoms with Crippen LogP contribution in [0.15, 0.2) is 37.1 Å². The lowest BCUT2D eigenvalue weighted by Crippen LogP contribution is -1.93. The summed E-state index contributed by atoms with van der Waals surface area (Å²) < 4.78 is 5.23. The van der Waals surface area contributed by atoms with Gasteiger partial charge in [-0.25, -0.2) is 0 Å². The van der Waals surface area contributed by atoms with Crippen LogP contribution >= 0.6 is 0 Å². The number of hydrogen-bond donors (Lipinski definition) is 0. The number of rotatable bonds is 3. The molecule has 64 valence electrons. The van der Waals surface area contributed by atoms with Crippen molar-refractivity contribution in [1.29, 1.82) is 0 Å². The highest BCUT2D eigenvalue weighted by atomic mass is 16.5. The average molecular weight is 162 g/mol. The molecule has 1 unspecified atom stereocenters. The molecule has 1 nitrogen and oxygen atoms in total. The quantitative estimate of drug-likeness (QED) is 0.620. The summed E-state index contributed by atoms with van der Waals surface area (Å²) >= 11 is 0. The summed E-state index contributed by atoms with van der Waals surface area (Å²) in [5, 5.41) is 0. The largest absolute Gasteiger partial charge is 0.494 e. The fourth-order valence-corrected chi connectivity index (χ4v) is 1.06. The third-order valence-corrected chi connectivity index (χ3v) is 1.85. The zero-order valence-corrected chi connectivity index (χ0v) is 7.58. The van der Waals surface area contributed by atoms with Crippen molar-refractivity contribution in [2.24, 2.45) is 0 Å². The lowest BCUT2D eigenvalue weighted by molar-refractivity contribution is 0.165. The van der Waals surface area contributed by atoms with E-state index in [9.17, 15) is 0 Å². The van der Waals surface area contributed by atoms with Gasteiger partial charge in [0.2, 0.25) is 0 Å². The number of aryl methyl sites for hydroxylation is 1. The summed E-state index contributed by atoms with van der Waals surface area (Å²) in [4.78, 5) is 0. The van der Waals surface area contributed by atoms with Crippen LogP contribution in [0.25, 0.3) is 0 Å². The molecule has 12 heavy (non-hydrogen) atoms. The van der Waals surface area contributed by atoms with Crippen LogP contribution in [-0.4, -0.2) is 0 Å². The van der Waals surface area contributed by atoms with Gasteiger partial charge in [0.25, 0.3) is 0 Å². The Morgan fingerprint density at radius 2 is 1.92 bits per heavy atom. The van der Waals surface area contributed by atoms with E-state index in [0.717, 1.165) is 0 Å². The van der Waals surface area contributed by atoms with Crippen LogP contribution in [0.3, 0.4) is 0 Å². The van der Waals surface area contributed by atoms with Crippen LogP contribution in [0.2, 0.25) is 0 Å². The molecule has 1 aromatic rings. The van der Waals surface area contributed by atoms with Crippen molar-refractivity contribution < 1.29 is 4.74 Å². The van der Waals surface area contributed by atoms with Gasteiger partial charge in [-0.2, -0.15) is 0 Å². The normalized spacial score (nSPS) is 12.2. The van der Waals surface area contributed by atoms with E-state index in [4.69, 9.17) is 4.74 Å². The molecule has 1 heteroatoms. The Labute approximate surface area is 73.7 Å². The minimum absolute atomic E-state index is 0.100. The molecule has 0 bridgehead atoms. The third kappa shape index (κ3) is 2.12. The second-order valence-corrected chi connectivity index (χ2v) is 2.86. The molecular formula is C11H14O. The van der Waals surface area contributed by atoms with Gasteiger partial charge in [0, 0.05) is 0 Å². The smallest absolute Gasteiger partial charge is 0.120 e. The fourth-order valence-electron chi connectivity index (χ4n) is 1.06. The van der Waals surface area contributed by atoms with Crippen LogP contribution in [0.1, 0.15) is 24.2 Å². The predicted molar refractivity (Wildman–Crippen MR) is 50.9 cm³/mol. The van der Waals surface area contributed by atoms with Crippen molar-refractivity contribution in [2.45, 2.75) is 20.0 Å². The van der Waals surface area contributed by atoms with Crippen LogP contribution < -0.4 is 0 Å². The molecule has 0 spiro atoms. The zero-order valence-electron chi connectivity index (χ0n) is 7.58. The standard InChI is InChI=1S/C11H14O/c1-4-12-10(3)11-7-5-9(2)6-8-11/h4-8,10H,1H2,2-3H3. The van der Waals surface area contributed by atoms with Gasteiger partial charge in [-0.05, 0) is 19.4 Å². The first-order valence-electron chi connectivity index (χ1n) is 4.07. The maximum absolute atomic E-state index is 5.23. The van der Waals surface area contributed by atoms with E-state index >= 15 is 0 Å². The van der Waals surface area contributed by atoms with Crippen LogP contribution in [0.4, 0.5) is 0 Å². The molecule has 1 atom stereocenters. The maximum atomic E-state index is 5.23. The Morgan fingerprint density at radius 3 is 2.42 bits per heavy atom. The number of benzene rings is 1. The van der Waals surface area contributed by atoms with Crippen LogP contribution in [-0.2, 0) is 4.74 Å². The molecule has 1 aromatic carbocycles. The van der Waals surface area contributed by atoms with E-state index < -0.39 is 0 Å². The van der Waals surface area contributed by atoms with E-state index in [1.54, 1.807) is 0 Å². The fraction of sp³-hybridized carbons (Fsp3) is 0.273. The molecular weight excluding hydrogens is 148 g/mol. The highest BCUT2D eigenvalue weighted by molar-refractivity contribution is 5.22. The summed E-state index contributed by atoms with van der Waals surface area (Å²) in [7, 11) is 0. The molecule has 0 heterocycles. The lowest BCUT2D eigenvalue weighted by atomic mass is 10.1. The van der Waals surface area contributed by atoms with E-state index in [2.05, 4.69) is 37.8 Å². The minimum Gasteiger partial charge on any atom is -0.494 e. The van der Waals surface area contributed by atoms with Crippen LogP contribution in [0.5, 0.6) is 0 Å². The Bertz CT molecular complexity index is 248. The summed E-state index contributed by atoms with van der Waals surface area (Å²) in [6, 6.07) is 8.31. The van der Waals surface area contributed by atoms with Crippen molar-refractivity contribution in [3.63, 3.8) is 0 Å². The summed E-state index contributed by atoms with van der Waals surface area (Å²) in [6.45, 7) is 7.60. The van der Waals surface area contributed by atoms with Gasteiger partial charge in [0.05, 0.1) is 6.26 Å². The van der Waals surface area contributed by atoms with Crippen molar-refractivity contribution in [2.75, 3.05) is 0 Å². The molecule has 0 aliphatic rings. The van der Waals surface area contributed by atoms with Gasteiger partial charge in [-0.1, -0.05) is 36.4 Å². The first-order valence-corrected chi connectivity index (χ1v) is 4.07. The summed E-state index contributed by atoms with van der Waals surface area (Å²) in [6.07, 6.45) is 1.58. The molecule has 0 radical (unpaired) electrons. The average Bonchev–Trinajstić information content (AvgIpc) is 2.06. The van der Waals surface area contributed by atoms with Crippen molar-refractivity contribution >= 4 is 0 Å². The predicted octanol–water partition coefficient (Wildman–Crippen LogP) is 3.22. The van der Waals surface area contributed by atoms with Crippen molar-refractivity contribution in [3.8, 4) is 0 Å². The SMILES string of the molecule is C=COC(C)c1ccc(C)cc1. The summed E-state index contributed by atoms with van der Waals surface area (Å²) in [5.74, 6) is 0. The molecule has 0 aromatic heterocycles. The molecule has 1 rings (SSSR count). The van der Waals surface area contributed by atoms with Gasteiger partial charge < -0.3 is 4.74 Å². The molecule has 0 amide bonds. The third-order valence-electron chi connectivity index (χ3n) is 1.85. The number of ether oxygens (including phenoxy) is 1.